The van der Waals surface area contributed by atoms with Crippen molar-refractivity contribution in [1.82, 2.24) is 0 Å². The molecule has 0 saturated heterocycles. The van der Waals surface area contributed by atoms with Crippen LogP contribution in [0, 0.1) is 0 Å². The van der Waals surface area contributed by atoms with E-state index < -0.39 is 0 Å². The molecule has 0 spiro atoms. The standard InChI is InChI=1S/C15H17BrClNO2S/c1-3-11(18)15(13-6-7-14(17)21-13)20-12-5-4-9(19-2)8-10(12)16/h4-8,11,15H,3,18H2,1-2H3. The van der Waals surface area contributed by atoms with Gasteiger partial charge >= 0.3 is 0 Å². The summed E-state index contributed by atoms with van der Waals surface area (Å²) in [5.74, 6) is 1.50. The molecule has 6 heteroatoms. The molecule has 0 bridgehead atoms. The maximum Gasteiger partial charge on any atom is 0.148 e. The summed E-state index contributed by atoms with van der Waals surface area (Å²) < 4.78 is 12.9. The van der Waals surface area contributed by atoms with Crippen molar-refractivity contribution in [3.8, 4) is 11.5 Å². The van der Waals surface area contributed by atoms with E-state index in [-0.39, 0.29) is 12.1 Å². The topological polar surface area (TPSA) is 44.5 Å². The first-order valence-corrected chi connectivity index (χ1v) is 8.55. The van der Waals surface area contributed by atoms with Crippen molar-refractivity contribution in [2.24, 2.45) is 5.73 Å². The largest absolute Gasteiger partial charge is 0.497 e. The molecule has 0 fully saturated rings. The molecule has 2 rings (SSSR count). The molecule has 2 atom stereocenters. The Morgan fingerprint density at radius 3 is 2.62 bits per heavy atom. The third-order valence-corrected chi connectivity index (χ3v) is 5.04. The summed E-state index contributed by atoms with van der Waals surface area (Å²) in [6.45, 7) is 2.04. The Bertz CT molecular complexity index is 605. The predicted octanol–water partition coefficient (Wildman–Crippen LogP) is 5.03. The molecule has 2 aromatic rings. The van der Waals surface area contributed by atoms with Crippen LogP contribution < -0.4 is 15.2 Å². The van der Waals surface area contributed by atoms with E-state index in [1.807, 2.05) is 37.3 Å². The molecule has 2 unspecified atom stereocenters. The average molecular weight is 391 g/mol. The fourth-order valence-electron chi connectivity index (χ4n) is 1.89. The first kappa shape index (κ1) is 16.6. The highest BCUT2D eigenvalue weighted by Gasteiger charge is 2.23. The predicted molar refractivity (Wildman–Crippen MR) is 91.7 cm³/mol. The Morgan fingerprint density at radius 1 is 1.33 bits per heavy atom. The van der Waals surface area contributed by atoms with Crippen molar-refractivity contribution in [1.29, 1.82) is 0 Å². The first-order chi connectivity index (χ1) is 10.0. The van der Waals surface area contributed by atoms with E-state index in [0.29, 0.717) is 0 Å². The molecule has 1 aromatic carbocycles. The zero-order chi connectivity index (χ0) is 15.4. The second-order valence-corrected chi connectivity index (χ2v) is 7.15. The number of halogens is 2. The van der Waals surface area contributed by atoms with E-state index >= 15 is 0 Å². The SMILES string of the molecule is CCC(N)C(Oc1ccc(OC)cc1Br)c1ccc(Cl)s1. The number of hydrogen-bond donors (Lipinski definition) is 1. The van der Waals surface area contributed by atoms with Gasteiger partial charge in [0, 0.05) is 10.9 Å². The molecule has 2 N–H and O–H groups in total. The molecule has 1 aromatic heterocycles. The molecule has 114 valence electrons. The Labute approximate surface area is 142 Å². The van der Waals surface area contributed by atoms with Gasteiger partial charge in [-0.1, -0.05) is 18.5 Å². The van der Waals surface area contributed by atoms with Gasteiger partial charge in [-0.15, -0.1) is 11.3 Å². The third kappa shape index (κ3) is 4.13. The maximum absolute atomic E-state index is 6.21. The molecule has 0 radical (unpaired) electrons. The first-order valence-electron chi connectivity index (χ1n) is 6.56. The summed E-state index contributed by atoms with van der Waals surface area (Å²) >= 11 is 11.0. The minimum Gasteiger partial charge on any atom is -0.497 e. The van der Waals surface area contributed by atoms with Gasteiger partial charge < -0.3 is 15.2 Å². The van der Waals surface area contributed by atoms with Crippen molar-refractivity contribution in [3.05, 3.63) is 44.0 Å². The summed E-state index contributed by atoms with van der Waals surface area (Å²) in [4.78, 5) is 1.03. The number of thiophene rings is 1. The lowest BCUT2D eigenvalue weighted by atomic mass is 10.1. The highest BCUT2D eigenvalue weighted by Crippen LogP contribution is 2.36. The van der Waals surface area contributed by atoms with Gasteiger partial charge in [0.25, 0.3) is 0 Å². The Hall–Kier alpha value is -0.750. The average Bonchev–Trinajstić information content (AvgIpc) is 2.91. The summed E-state index contributed by atoms with van der Waals surface area (Å²) in [5.41, 5.74) is 6.21. The molecule has 0 aliphatic heterocycles. The van der Waals surface area contributed by atoms with Crippen molar-refractivity contribution < 1.29 is 9.47 Å². The van der Waals surface area contributed by atoms with Crippen LogP contribution in [0.3, 0.4) is 0 Å². The fourth-order valence-corrected chi connectivity index (χ4v) is 3.51. The lowest BCUT2D eigenvalue weighted by Gasteiger charge is -2.24. The van der Waals surface area contributed by atoms with Crippen LogP contribution in [0.15, 0.2) is 34.8 Å². The molecule has 0 amide bonds. The van der Waals surface area contributed by atoms with Crippen molar-refractivity contribution in [2.75, 3.05) is 7.11 Å². The number of nitrogens with two attached hydrogens (primary N) is 1. The highest BCUT2D eigenvalue weighted by atomic mass is 79.9. The zero-order valence-corrected chi connectivity index (χ0v) is 15.0. The molecule has 0 aliphatic rings. The Kier molecular flexibility index (Phi) is 5.93. The van der Waals surface area contributed by atoms with Gasteiger partial charge in [-0.05, 0) is 52.7 Å². The molecule has 1 heterocycles. The van der Waals surface area contributed by atoms with Gasteiger partial charge in [-0.25, -0.2) is 0 Å². The van der Waals surface area contributed by atoms with Gasteiger partial charge in [0.2, 0.25) is 0 Å². The summed E-state index contributed by atoms with van der Waals surface area (Å²) in [7, 11) is 1.63. The van der Waals surface area contributed by atoms with E-state index in [0.717, 1.165) is 31.6 Å². The monoisotopic (exact) mass is 389 g/mol. The molecule has 0 aliphatic carbocycles. The fraction of sp³-hybridized carbons (Fsp3) is 0.333. The molecule has 0 saturated carbocycles. The van der Waals surface area contributed by atoms with E-state index in [1.165, 1.54) is 11.3 Å². The normalized spacial score (nSPS) is 13.8. The minimum absolute atomic E-state index is 0.103. The number of rotatable bonds is 6. The van der Waals surface area contributed by atoms with Crippen molar-refractivity contribution in [3.63, 3.8) is 0 Å². The van der Waals surface area contributed by atoms with Crippen LogP contribution in [0.25, 0.3) is 0 Å². The van der Waals surface area contributed by atoms with Gasteiger partial charge in [0.05, 0.1) is 15.9 Å². The quantitative estimate of drug-likeness (QED) is 0.752. The van der Waals surface area contributed by atoms with Crippen LogP contribution in [0.5, 0.6) is 11.5 Å². The molecule has 21 heavy (non-hydrogen) atoms. The van der Waals surface area contributed by atoms with E-state index in [2.05, 4.69) is 15.9 Å². The van der Waals surface area contributed by atoms with Gasteiger partial charge in [0.15, 0.2) is 0 Å². The van der Waals surface area contributed by atoms with Gasteiger partial charge in [0.1, 0.15) is 17.6 Å². The van der Waals surface area contributed by atoms with E-state index in [4.69, 9.17) is 26.8 Å². The number of ether oxygens (including phenoxy) is 2. The van der Waals surface area contributed by atoms with E-state index in [9.17, 15) is 0 Å². The van der Waals surface area contributed by atoms with E-state index in [1.54, 1.807) is 7.11 Å². The second-order valence-electron chi connectivity index (χ2n) is 4.55. The second kappa shape index (κ2) is 7.49. The Morgan fingerprint density at radius 2 is 2.10 bits per heavy atom. The van der Waals surface area contributed by atoms with Crippen LogP contribution >= 0.6 is 38.9 Å². The molecule has 3 nitrogen and oxygen atoms in total. The number of methoxy groups -OCH3 is 1. The lowest BCUT2D eigenvalue weighted by molar-refractivity contribution is 0.173. The lowest BCUT2D eigenvalue weighted by Crippen LogP contribution is -2.31. The summed E-state index contributed by atoms with van der Waals surface area (Å²) in [5, 5.41) is 0. The Balaban J connectivity index is 2.27. The van der Waals surface area contributed by atoms with Crippen molar-refractivity contribution >= 4 is 38.9 Å². The van der Waals surface area contributed by atoms with Crippen LogP contribution in [-0.4, -0.2) is 13.2 Å². The summed E-state index contributed by atoms with van der Waals surface area (Å²) in [6.07, 6.45) is 0.589. The van der Waals surface area contributed by atoms with Crippen molar-refractivity contribution in [2.45, 2.75) is 25.5 Å². The van der Waals surface area contributed by atoms with Crippen LogP contribution in [0.1, 0.15) is 24.3 Å². The number of hydrogen-bond acceptors (Lipinski definition) is 4. The zero-order valence-electron chi connectivity index (χ0n) is 11.8. The minimum atomic E-state index is -0.225. The smallest absolute Gasteiger partial charge is 0.148 e. The van der Waals surface area contributed by atoms with Gasteiger partial charge in [-0.2, -0.15) is 0 Å². The molecular formula is C15H17BrClNO2S. The third-order valence-electron chi connectivity index (χ3n) is 3.13. The molecular weight excluding hydrogens is 374 g/mol. The summed E-state index contributed by atoms with van der Waals surface area (Å²) in [6, 6.07) is 9.32. The maximum atomic E-state index is 6.21. The number of benzene rings is 1. The van der Waals surface area contributed by atoms with Crippen LogP contribution in [0.2, 0.25) is 4.34 Å². The van der Waals surface area contributed by atoms with Gasteiger partial charge in [-0.3, -0.25) is 0 Å². The highest BCUT2D eigenvalue weighted by molar-refractivity contribution is 9.10. The van der Waals surface area contributed by atoms with Crippen LogP contribution in [0.4, 0.5) is 0 Å². The van der Waals surface area contributed by atoms with Crippen LogP contribution in [-0.2, 0) is 0 Å².